The van der Waals surface area contributed by atoms with E-state index >= 15 is 0 Å². The Kier molecular flexibility index (Phi) is 7.34. The fourth-order valence-electron chi connectivity index (χ4n) is 3.31. The first kappa shape index (κ1) is 23.6. The van der Waals surface area contributed by atoms with Crippen LogP contribution >= 0.6 is 23.4 Å². The minimum absolute atomic E-state index is 0.118. The van der Waals surface area contributed by atoms with E-state index in [-0.39, 0.29) is 24.1 Å². The Morgan fingerprint density at radius 2 is 1.85 bits per heavy atom. The second kappa shape index (κ2) is 10.6. The highest BCUT2D eigenvalue weighted by atomic mass is 35.5. The number of amides is 2. The third-order valence-corrected chi connectivity index (χ3v) is 6.50. The molecule has 0 aliphatic carbocycles. The lowest BCUT2D eigenvalue weighted by atomic mass is 10.1. The largest absolute Gasteiger partial charge is 0.467 e. The number of carbonyl (C=O) groups excluding carboxylic acids is 2. The van der Waals surface area contributed by atoms with Crippen LogP contribution in [0.2, 0.25) is 5.02 Å². The standard InChI is InChI=1S/C24H22ClN5O3S/c1-29(20-12-6-4-10-18(20)23(32)26-14-16-8-7-13-33-16)21(31)15-34-24-28-27-22(30(24)2)17-9-3-5-11-19(17)25/h3-13H,14-15H2,1-2H3,(H,26,32). The van der Waals surface area contributed by atoms with Crippen LogP contribution in [0.4, 0.5) is 5.69 Å². The number of halogens is 1. The molecule has 0 spiro atoms. The quantitative estimate of drug-likeness (QED) is 0.364. The minimum Gasteiger partial charge on any atom is -0.467 e. The van der Waals surface area contributed by atoms with Crippen LogP contribution in [-0.4, -0.2) is 39.4 Å². The van der Waals surface area contributed by atoms with Gasteiger partial charge in [0, 0.05) is 19.7 Å². The van der Waals surface area contributed by atoms with E-state index in [4.69, 9.17) is 16.0 Å². The summed E-state index contributed by atoms with van der Waals surface area (Å²) in [7, 11) is 3.47. The van der Waals surface area contributed by atoms with Crippen molar-refractivity contribution in [3.63, 3.8) is 0 Å². The number of rotatable bonds is 8. The van der Waals surface area contributed by atoms with Crippen molar-refractivity contribution in [1.82, 2.24) is 20.1 Å². The average molecular weight is 496 g/mol. The summed E-state index contributed by atoms with van der Waals surface area (Å²) in [5, 5.41) is 12.4. The highest BCUT2D eigenvalue weighted by Gasteiger charge is 2.20. The van der Waals surface area contributed by atoms with E-state index in [0.29, 0.717) is 33.0 Å². The molecule has 0 saturated heterocycles. The molecule has 2 heterocycles. The molecule has 0 fully saturated rings. The van der Waals surface area contributed by atoms with Crippen LogP contribution in [0.5, 0.6) is 0 Å². The Morgan fingerprint density at radius 3 is 2.62 bits per heavy atom. The molecule has 0 aliphatic rings. The zero-order valence-corrected chi connectivity index (χ0v) is 20.1. The number of hydrogen-bond acceptors (Lipinski definition) is 6. The Balaban J connectivity index is 1.43. The van der Waals surface area contributed by atoms with E-state index in [1.807, 2.05) is 25.2 Å². The molecule has 2 aromatic heterocycles. The lowest BCUT2D eigenvalue weighted by Crippen LogP contribution is -2.31. The highest BCUT2D eigenvalue weighted by molar-refractivity contribution is 7.99. The number of para-hydroxylation sites is 1. The van der Waals surface area contributed by atoms with Crippen molar-refractivity contribution >= 4 is 40.9 Å². The molecule has 0 atom stereocenters. The van der Waals surface area contributed by atoms with Crippen molar-refractivity contribution in [2.24, 2.45) is 7.05 Å². The molecular formula is C24H22ClN5O3S. The van der Waals surface area contributed by atoms with Crippen molar-refractivity contribution in [3.05, 3.63) is 83.3 Å². The first-order valence-corrected chi connectivity index (χ1v) is 11.8. The van der Waals surface area contributed by atoms with Crippen LogP contribution in [-0.2, 0) is 18.4 Å². The second-order valence-corrected chi connectivity index (χ2v) is 8.72. The summed E-state index contributed by atoms with van der Waals surface area (Å²) < 4.78 is 7.05. The van der Waals surface area contributed by atoms with E-state index in [2.05, 4.69) is 15.5 Å². The summed E-state index contributed by atoms with van der Waals surface area (Å²) in [5.74, 6) is 0.905. The maximum Gasteiger partial charge on any atom is 0.253 e. The Bertz CT molecular complexity index is 1310. The van der Waals surface area contributed by atoms with Gasteiger partial charge in [-0.25, -0.2) is 0 Å². The third-order valence-electron chi connectivity index (χ3n) is 5.16. The van der Waals surface area contributed by atoms with Gasteiger partial charge >= 0.3 is 0 Å². The number of thioether (sulfide) groups is 1. The zero-order chi connectivity index (χ0) is 24.1. The van der Waals surface area contributed by atoms with Crippen LogP contribution < -0.4 is 10.2 Å². The fraction of sp³-hybridized carbons (Fsp3) is 0.167. The number of benzene rings is 2. The van der Waals surface area contributed by atoms with Crippen molar-refractivity contribution < 1.29 is 14.0 Å². The van der Waals surface area contributed by atoms with Crippen molar-refractivity contribution in [2.45, 2.75) is 11.7 Å². The summed E-state index contributed by atoms with van der Waals surface area (Å²) in [4.78, 5) is 27.2. The SMILES string of the molecule is CN(C(=O)CSc1nnc(-c2ccccc2Cl)n1C)c1ccccc1C(=O)NCc1ccco1. The molecule has 0 saturated carbocycles. The summed E-state index contributed by atoms with van der Waals surface area (Å²) in [6.07, 6.45) is 1.55. The molecule has 0 aliphatic heterocycles. The van der Waals surface area contributed by atoms with E-state index in [9.17, 15) is 9.59 Å². The highest BCUT2D eigenvalue weighted by Crippen LogP contribution is 2.28. The fourth-order valence-corrected chi connectivity index (χ4v) is 4.35. The van der Waals surface area contributed by atoms with E-state index in [1.54, 1.807) is 60.3 Å². The molecule has 4 aromatic rings. The lowest BCUT2D eigenvalue weighted by Gasteiger charge is -2.20. The van der Waals surface area contributed by atoms with E-state index in [0.717, 1.165) is 5.56 Å². The Hall–Kier alpha value is -3.56. The van der Waals surface area contributed by atoms with Crippen LogP contribution in [0.1, 0.15) is 16.1 Å². The van der Waals surface area contributed by atoms with Gasteiger partial charge in [-0.2, -0.15) is 0 Å². The summed E-state index contributed by atoms with van der Waals surface area (Å²) in [6, 6.07) is 17.9. The van der Waals surface area contributed by atoms with Crippen LogP contribution in [0, 0.1) is 0 Å². The second-order valence-electron chi connectivity index (χ2n) is 7.37. The normalized spacial score (nSPS) is 10.8. The molecule has 0 unspecified atom stereocenters. The molecule has 0 radical (unpaired) electrons. The van der Waals surface area contributed by atoms with Crippen molar-refractivity contribution in [2.75, 3.05) is 17.7 Å². The van der Waals surface area contributed by atoms with Gasteiger partial charge < -0.3 is 19.2 Å². The minimum atomic E-state index is -0.294. The van der Waals surface area contributed by atoms with Gasteiger partial charge in [0.05, 0.1) is 34.8 Å². The van der Waals surface area contributed by atoms with E-state index < -0.39 is 0 Å². The molecule has 8 nitrogen and oxygen atoms in total. The molecule has 10 heteroatoms. The molecule has 2 amide bonds. The van der Waals surface area contributed by atoms with E-state index in [1.165, 1.54) is 16.7 Å². The predicted octanol–water partition coefficient (Wildman–Crippen LogP) is 4.41. The number of nitrogens with zero attached hydrogens (tertiary/aromatic N) is 4. The molecule has 1 N–H and O–H groups in total. The summed E-state index contributed by atoms with van der Waals surface area (Å²) in [6.45, 7) is 0.258. The maximum absolute atomic E-state index is 13.0. The van der Waals surface area contributed by atoms with Crippen molar-refractivity contribution in [1.29, 1.82) is 0 Å². The number of aromatic nitrogens is 3. The van der Waals surface area contributed by atoms with Gasteiger partial charge in [-0.1, -0.05) is 47.6 Å². The van der Waals surface area contributed by atoms with Crippen LogP contribution in [0.15, 0.2) is 76.5 Å². The summed E-state index contributed by atoms with van der Waals surface area (Å²) >= 11 is 7.55. The topological polar surface area (TPSA) is 93.3 Å². The van der Waals surface area contributed by atoms with Crippen LogP contribution in [0.25, 0.3) is 11.4 Å². The van der Waals surface area contributed by atoms with Gasteiger partial charge in [0.25, 0.3) is 5.91 Å². The molecule has 4 rings (SSSR count). The van der Waals surface area contributed by atoms with Gasteiger partial charge in [-0.05, 0) is 36.4 Å². The van der Waals surface area contributed by atoms with Gasteiger partial charge in [0.2, 0.25) is 5.91 Å². The molecule has 2 aromatic carbocycles. The first-order chi connectivity index (χ1) is 16.5. The average Bonchev–Trinajstić information content (AvgIpc) is 3.50. The van der Waals surface area contributed by atoms with Gasteiger partial charge in [-0.15, -0.1) is 10.2 Å². The molecule has 0 bridgehead atoms. The Labute approximate surface area is 205 Å². The number of anilines is 1. The smallest absolute Gasteiger partial charge is 0.253 e. The summed E-state index contributed by atoms with van der Waals surface area (Å²) in [5.41, 5.74) is 1.68. The number of nitrogens with one attached hydrogen (secondary N) is 1. The van der Waals surface area contributed by atoms with Gasteiger partial charge in [-0.3, -0.25) is 9.59 Å². The number of hydrogen-bond donors (Lipinski definition) is 1. The Morgan fingerprint density at radius 1 is 1.09 bits per heavy atom. The maximum atomic E-state index is 13.0. The predicted molar refractivity (Wildman–Crippen MR) is 132 cm³/mol. The number of furan rings is 1. The third kappa shape index (κ3) is 5.16. The molecule has 174 valence electrons. The monoisotopic (exact) mass is 495 g/mol. The van der Waals surface area contributed by atoms with Crippen LogP contribution in [0.3, 0.4) is 0 Å². The number of carbonyl (C=O) groups is 2. The molecular weight excluding hydrogens is 474 g/mol. The lowest BCUT2D eigenvalue weighted by molar-refractivity contribution is -0.115. The van der Waals surface area contributed by atoms with Gasteiger partial charge in [0.15, 0.2) is 11.0 Å². The van der Waals surface area contributed by atoms with Crippen molar-refractivity contribution in [3.8, 4) is 11.4 Å². The zero-order valence-electron chi connectivity index (χ0n) is 18.6. The molecule has 34 heavy (non-hydrogen) atoms. The van der Waals surface area contributed by atoms with Gasteiger partial charge in [0.1, 0.15) is 5.76 Å². The first-order valence-electron chi connectivity index (χ1n) is 10.4.